The molecule has 2 N–H and O–H groups in total. The molecule has 6 heteroatoms. The molecule has 25 heavy (non-hydrogen) atoms. The highest BCUT2D eigenvalue weighted by Crippen LogP contribution is 2.26. The number of rotatable bonds is 4. The summed E-state index contributed by atoms with van der Waals surface area (Å²) >= 11 is 0. The van der Waals surface area contributed by atoms with Gasteiger partial charge in [0.05, 0.1) is 5.69 Å². The van der Waals surface area contributed by atoms with Gasteiger partial charge < -0.3 is 10.6 Å². The van der Waals surface area contributed by atoms with Crippen LogP contribution in [0.25, 0.3) is 5.69 Å². The van der Waals surface area contributed by atoms with E-state index in [1.165, 1.54) is 0 Å². The fourth-order valence-electron chi connectivity index (χ4n) is 3.26. The van der Waals surface area contributed by atoms with Crippen molar-refractivity contribution in [1.82, 2.24) is 20.1 Å². The molecule has 1 aromatic heterocycles. The Morgan fingerprint density at radius 3 is 2.76 bits per heavy atom. The number of carbonyl (C=O) groups excluding carboxylic acids is 1. The Morgan fingerprint density at radius 2 is 1.96 bits per heavy atom. The lowest BCUT2D eigenvalue weighted by Gasteiger charge is -2.15. The van der Waals surface area contributed by atoms with E-state index >= 15 is 0 Å². The van der Waals surface area contributed by atoms with Crippen molar-refractivity contribution in [2.45, 2.75) is 12.3 Å². The molecule has 1 aliphatic heterocycles. The third kappa shape index (κ3) is 3.29. The summed E-state index contributed by atoms with van der Waals surface area (Å²) in [6.45, 7) is 1.93. The predicted octanol–water partition coefficient (Wildman–Crippen LogP) is 2.60. The summed E-state index contributed by atoms with van der Waals surface area (Å²) in [6, 6.07) is 15.5. The van der Waals surface area contributed by atoms with Crippen LogP contribution in [0.1, 0.15) is 28.3 Å². The summed E-state index contributed by atoms with van der Waals surface area (Å²) in [5.74, 6) is 0.314. The molecule has 0 bridgehead atoms. The van der Waals surface area contributed by atoms with Gasteiger partial charge in [0, 0.05) is 17.8 Å². The van der Waals surface area contributed by atoms with Crippen molar-refractivity contribution < 1.29 is 4.79 Å². The van der Waals surface area contributed by atoms with E-state index in [4.69, 9.17) is 0 Å². The number of nitrogens with zero attached hydrogens (tertiary/aromatic N) is 3. The minimum atomic E-state index is -0.0802. The van der Waals surface area contributed by atoms with E-state index in [2.05, 4.69) is 26.9 Å². The maximum Gasteiger partial charge on any atom is 0.255 e. The molecular formula is C19H19N5O. The van der Waals surface area contributed by atoms with Crippen LogP contribution in [0.15, 0.2) is 61.2 Å². The van der Waals surface area contributed by atoms with Crippen LogP contribution in [0.2, 0.25) is 0 Å². The van der Waals surface area contributed by atoms with Gasteiger partial charge in [0.15, 0.2) is 0 Å². The maximum atomic E-state index is 12.8. The quantitative estimate of drug-likeness (QED) is 0.770. The van der Waals surface area contributed by atoms with E-state index in [0.29, 0.717) is 5.92 Å². The number of hydrogen-bond acceptors (Lipinski definition) is 4. The third-order valence-electron chi connectivity index (χ3n) is 4.53. The first-order valence-electron chi connectivity index (χ1n) is 8.37. The maximum absolute atomic E-state index is 12.8. The van der Waals surface area contributed by atoms with Gasteiger partial charge in [-0.05, 0) is 48.7 Å². The van der Waals surface area contributed by atoms with Gasteiger partial charge in [-0.25, -0.2) is 0 Å². The first kappa shape index (κ1) is 15.5. The van der Waals surface area contributed by atoms with Gasteiger partial charge in [0.2, 0.25) is 0 Å². The molecule has 1 aliphatic rings. The summed E-state index contributed by atoms with van der Waals surface area (Å²) < 4.78 is 1.80. The van der Waals surface area contributed by atoms with Gasteiger partial charge in [0.1, 0.15) is 12.7 Å². The zero-order chi connectivity index (χ0) is 17.1. The van der Waals surface area contributed by atoms with Crippen LogP contribution in [0.3, 0.4) is 0 Å². The van der Waals surface area contributed by atoms with Gasteiger partial charge >= 0.3 is 0 Å². The standard InChI is InChI=1S/C19H19N5O/c25-19(18-7-2-1-6-17(18)14-8-9-20-11-14)23-15-4-3-5-16(10-15)24-12-21-22-13-24/h1-7,10,12-14,20H,8-9,11H2,(H,23,25). The molecule has 0 radical (unpaired) electrons. The Morgan fingerprint density at radius 1 is 1.12 bits per heavy atom. The van der Waals surface area contributed by atoms with Gasteiger partial charge in [0.25, 0.3) is 5.91 Å². The highest BCUT2D eigenvalue weighted by atomic mass is 16.1. The van der Waals surface area contributed by atoms with Gasteiger partial charge in [-0.2, -0.15) is 0 Å². The van der Waals surface area contributed by atoms with Crippen LogP contribution < -0.4 is 10.6 Å². The van der Waals surface area contributed by atoms with Crippen LogP contribution >= 0.6 is 0 Å². The molecule has 0 spiro atoms. The molecule has 1 fully saturated rings. The number of benzene rings is 2. The molecule has 3 aromatic rings. The molecule has 6 nitrogen and oxygen atoms in total. The summed E-state index contributed by atoms with van der Waals surface area (Å²) in [4.78, 5) is 12.8. The number of anilines is 1. The van der Waals surface area contributed by atoms with Crippen LogP contribution in [-0.2, 0) is 0 Å². The third-order valence-corrected chi connectivity index (χ3v) is 4.53. The average molecular weight is 333 g/mol. The average Bonchev–Trinajstić information content (AvgIpc) is 3.36. The summed E-state index contributed by atoms with van der Waals surface area (Å²) in [6.07, 6.45) is 4.32. The largest absolute Gasteiger partial charge is 0.322 e. The first-order valence-corrected chi connectivity index (χ1v) is 8.37. The fraction of sp³-hybridized carbons (Fsp3) is 0.211. The molecule has 2 heterocycles. The summed E-state index contributed by atoms with van der Waals surface area (Å²) in [5, 5.41) is 14.0. The number of amides is 1. The lowest BCUT2D eigenvalue weighted by Crippen LogP contribution is -2.17. The Bertz CT molecular complexity index is 869. The van der Waals surface area contributed by atoms with E-state index in [-0.39, 0.29) is 5.91 Å². The number of hydrogen-bond donors (Lipinski definition) is 2. The molecule has 1 unspecified atom stereocenters. The van der Waals surface area contributed by atoms with Crippen LogP contribution in [-0.4, -0.2) is 33.8 Å². The minimum Gasteiger partial charge on any atom is -0.322 e. The normalized spacial score (nSPS) is 16.7. The molecule has 0 aliphatic carbocycles. The highest BCUT2D eigenvalue weighted by Gasteiger charge is 2.22. The molecular weight excluding hydrogens is 314 g/mol. The van der Waals surface area contributed by atoms with Crippen molar-refractivity contribution >= 4 is 11.6 Å². The van der Waals surface area contributed by atoms with Crippen molar-refractivity contribution in [3.63, 3.8) is 0 Å². The van der Waals surface area contributed by atoms with Crippen molar-refractivity contribution in [2.75, 3.05) is 18.4 Å². The van der Waals surface area contributed by atoms with E-state index in [0.717, 1.165) is 42.0 Å². The lowest BCUT2D eigenvalue weighted by atomic mass is 9.93. The minimum absolute atomic E-state index is 0.0802. The Balaban J connectivity index is 1.58. The topological polar surface area (TPSA) is 71.8 Å². The van der Waals surface area contributed by atoms with Gasteiger partial charge in [-0.1, -0.05) is 24.3 Å². The molecule has 2 aromatic carbocycles. The molecule has 1 saturated heterocycles. The van der Waals surface area contributed by atoms with E-state index in [1.54, 1.807) is 17.2 Å². The molecule has 126 valence electrons. The smallest absolute Gasteiger partial charge is 0.255 e. The molecule has 1 atom stereocenters. The Kier molecular flexibility index (Phi) is 4.26. The summed E-state index contributed by atoms with van der Waals surface area (Å²) in [5.41, 5.74) is 3.50. The SMILES string of the molecule is O=C(Nc1cccc(-n2cnnc2)c1)c1ccccc1C1CCNC1. The number of carbonyl (C=O) groups is 1. The summed E-state index contributed by atoms with van der Waals surface area (Å²) in [7, 11) is 0. The second-order valence-electron chi connectivity index (χ2n) is 6.15. The monoisotopic (exact) mass is 333 g/mol. The molecule has 0 saturated carbocycles. The van der Waals surface area contributed by atoms with E-state index in [9.17, 15) is 4.79 Å². The fourth-order valence-corrected chi connectivity index (χ4v) is 3.26. The van der Waals surface area contributed by atoms with Crippen molar-refractivity contribution in [3.05, 3.63) is 72.3 Å². The van der Waals surface area contributed by atoms with E-state index in [1.807, 2.05) is 42.5 Å². The van der Waals surface area contributed by atoms with Crippen LogP contribution in [0.4, 0.5) is 5.69 Å². The molecule has 1 amide bonds. The van der Waals surface area contributed by atoms with Crippen molar-refractivity contribution in [1.29, 1.82) is 0 Å². The number of aromatic nitrogens is 3. The van der Waals surface area contributed by atoms with E-state index < -0.39 is 0 Å². The van der Waals surface area contributed by atoms with Gasteiger partial charge in [-0.15, -0.1) is 10.2 Å². The zero-order valence-electron chi connectivity index (χ0n) is 13.7. The second-order valence-corrected chi connectivity index (χ2v) is 6.15. The Hall–Kier alpha value is -2.99. The molecule has 4 rings (SSSR count). The van der Waals surface area contributed by atoms with Crippen LogP contribution in [0.5, 0.6) is 0 Å². The van der Waals surface area contributed by atoms with Gasteiger partial charge in [-0.3, -0.25) is 9.36 Å². The lowest BCUT2D eigenvalue weighted by molar-refractivity contribution is 0.102. The number of nitrogens with one attached hydrogen (secondary N) is 2. The van der Waals surface area contributed by atoms with Crippen molar-refractivity contribution in [2.24, 2.45) is 0 Å². The zero-order valence-corrected chi connectivity index (χ0v) is 13.7. The predicted molar refractivity (Wildman–Crippen MR) is 96.0 cm³/mol. The first-order chi connectivity index (χ1) is 12.3. The van der Waals surface area contributed by atoms with Crippen molar-refractivity contribution in [3.8, 4) is 5.69 Å². The Labute approximate surface area is 145 Å². The second kappa shape index (κ2) is 6.86. The van der Waals surface area contributed by atoms with Crippen LogP contribution in [0, 0.1) is 0 Å². The highest BCUT2D eigenvalue weighted by molar-refractivity contribution is 6.05.